The highest BCUT2D eigenvalue weighted by molar-refractivity contribution is 7.99. The van der Waals surface area contributed by atoms with Crippen LogP contribution < -0.4 is 5.32 Å². The van der Waals surface area contributed by atoms with Crippen LogP contribution >= 0.6 is 11.8 Å². The molecule has 1 aromatic carbocycles. The number of amides is 2. The molecule has 0 bridgehead atoms. The summed E-state index contributed by atoms with van der Waals surface area (Å²) in [5.41, 5.74) is 0.575. The molecule has 3 aliphatic rings. The molecule has 8 nitrogen and oxygen atoms in total. The monoisotopic (exact) mass is 458 g/mol. The fraction of sp³-hybridized carbons (Fsp3) is 0.545. The minimum atomic E-state index is -0.335. The number of hydrogen-bond acceptors (Lipinski definition) is 6. The quantitative estimate of drug-likeness (QED) is 0.612. The van der Waals surface area contributed by atoms with Gasteiger partial charge in [-0.15, -0.1) is 10.2 Å². The van der Waals surface area contributed by atoms with E-state index in [1.807, 2.05) is 9.80 Å². The molecule has 10 heteroatoms. The summed E-state index contributed by atoms with van der Waals surface area (Å²) in [5, 5.41) is 12.4. The standard InChI is InChI=1S/C22H27FN6O2S/c23-16-3-5-17(6-4-16)24-19(30)13-27-9-11-28(12-10-27)20(31)14-32-22-26-25-21(15-1-2-15)29(22)18-7-8-18/h3-6,15,18H,1-2,7-14H2,(H,24,30). The van der Waals surface area contributed by atoms with E-state index >= 15 is 0 Å². The van der Waals surface area contributed by atoms with E-state index in [1.165, 1.54) is 49.6 Å². The number of thioether (sulfide) groups is 1. The molecular formula is C22H27FN6O2S. The van der Waals surface area contributed by atoms with Crippen molar-refractivity contribution in [2.45, 2.75) is 42.8 Å². The molecule has 2 saturated carbocycles. The average molecular weight is 459 g/mol. The van der Waals surface area contributed by atoms with Gasteiger partial charge in [0.2, 0.25) is 11.8 Å². The van der Waals surface area contributed by atoms with Gasteiger partial charge in [0.15, 0.2) is 5.16 Å². The summed E-state index contributed by atoms with van der Waals surface area (Å²) in [6.45, 7) is 2.76. The summed E-state index contributed by atoms with van der Waals surface area (Å²) in [7, 11) is 0. The van der Waals surface area contributed by atoms with Crippen LogP contribution in [0.3, 0.4) is 0 Å². The molecule has 5 rings (SSSR count). The number of hydrogen-bond donors (Lipinski definition) is 1. The number of halogens is 1. The Bertz CT molecular complexity index is 981. The van der Waals surface area contributed by atoms with Crippen molar-refractivity contribution >= 4 is 29.3 Å². The van der Waals surface area contributed by atoms with Crippen LogP contribution in [0.15, 0.2) is 29.4 Å². The van der Waals surface area contributed by atoms with Gasteiger partial charge in [-0.05, 0) is 49.9 Å². The number of aromatic nitrogens is 3. The summed E-state index contributed by atoms with van der Waals surface area (Å²) in [6, 6.07) is 6.23. The molecule has 0 spiro atoms. The second kappa shape index (κ2) is 9.19. The van der Waals surface area contributed by atoms with Crippen LogP contribution in [0.5, 0.6) is 0 Å². The Balaban J connectivity index is 1.07. The largest absolute Gasteiger partial charge is 0.339 e. The molecule has 2 aromatic rings. The number of carbonyl (C=O) groups is 2. The lowest BCUT2D eigenvalue weighted by Crippen LogP contribution is -2.50. The fourth-order valence-electron chi connectivity index (χ4n) is 3.99. The third kappa shape index (κ3) is 5.12. The number of carbonyl (C=O) groups excluding carboxylic acids is 2. The smallest absolute Gasteiger partial charge is 0.238 e. The molecule has 0 unspecified atom stereocenters. The van der Waals surface area contributed by atoms with Crippen molar-refractivity contribution in [2.24, 2.45) is 0 Å². The highest BCUT2D eigenvalue weighted by atomic mass is 32.2. The molecule has 2 heterocycles. The molecule has 1 N–H and O–H groups in total. The van der Waals surface area contributed by atoms with E-state index in [0.717, 1.165) is 11.0 Å². The molecule has 2 aliphatic carbocycles. The van der Waals surface area contributed by atoms with Crippen LogP contribution in [-0.4, -0.2) is 74.9 Å². The van der Waals surface area contributed by atoms with Crippen molar-refractivity contribution < 1.29 is 14.0 Å². The molecule has 32 heavy (non-hydrogen) atoms. The van der Waals surface area contributed by atoms with Crippen molar-refractivity contribution in [1.82, 2.24) is 24.6 Å². The lowest BCUT2D eigenvalue weighted by atomic mass is 10.3. The number of rotatable bonds is 8. The number of nitrogens with zero attached hydrogens (tertiary/aromatic N) is 5. The van der Waals surface area contributed by atoms with Gasteiger partial charge in [-0.2, -0.15) is 0 Å². The highest BCUT2D eigenvalue weighted by Gasteiger charge is 2.36. The molecule has 1 aliphatic heterocycles. The van der Waals surface area contributed by atoms with Crippen LogP contribution in [0.4, 0.5) is 10.1 Å². The SMILES string of the molecule is O=C(CN1CCN(C(=O)CSc2nnc(C3CC3)n2C2CC2)CC1)Nc1ccc(F)cc1. The minimum Gasteiger partial charge on any atom is -0.339 e. The first-order valence-electron chi connectivity index (χ1n) is 11.2. The van der Waals surface area contributed by atoms with E-state index in [0.29, 0.717) is 49.6 Å². The Morgan fingerprint density at radius 2 is 1.75 bits per heavy atom. The maximum atomic E-state index is 13.0. The predicted molar refractivity (Wildman–Crippen MR) is 119 cm³/mol. The number of anilines is 1. The van der Waals surface area contributed by atoms with Crippen molar-refractivity contribution in [3.63, 3.8) is 0 Å². The third-order valence-corrected chi connectivity index (χ3v) is 7.02. The molecule has 0 atom stereocenters. The van der Waals surface area contributed by atoms with Crippen molar-refractivity contribution in [1.29, 1.82) is 0 Å². The van der Waals surface area contributed by atoms with Crippen LogP contribution in [0.2, 0.25) is 0 Å². The second-order valence-corrected chi connectivity index (χ2v) is 9.66. The lowest BCUT2D eigenvalue weighted by molar-refractivity contribution is -0.130. The van der Waals surface area contributed by atoms with Gasteiger partial charge in [-0.3, -0.25) is 14.5 Å². The minimum absolute atomic E-state index is 0.101. The zero-order valence-corrected chi connectivity index (χ0v) is 18.7. The molecule has 170 valence electrons. The Labute approximate surface area is 190 Å². The van der Waals surface area contributed by atoms with Gasteiger partial charge >= 0.3 is 0 Å². The molecule has 1 saturated heterocycles. The summed E-state index contributed by atoms with van der Waals surface area (Å²) in [6.07, 6.45) is 4.74. The van der Waals surface area contributed by atoms with Crippen LogP contribution in [0.25, 0.3) is 0 Å². The van der Waals surface area contributed by atoms with E-state index in [4.69, 9.17) is 0 Å². The van der Waals surface area contributed by atoms with Gasteiger partial charge < -0.3 is 14.8 Å². The molecular weight excluding hydrogens is 431 g/mol. The van der Waals surface area contributed by atoms with Gasteiger partial charge in [-0.1, -0.05) is 11.8 Å². The zero-order valence-electron chi connectivity index (χ0n) is 17.9. The summed E-state index contributed by atoms with van der Waals surface area (Å²) in [5.74, 6) is 1.65. The Hall–Kier alpha value is -2.46. The summed E-state index contributed by atoms with van der Waals surface area (Å²) in [4.78, 5) is 28.9. The highest BCUT2D eigenvalue weighted by Crippen LogP contribution is 2.46. The summed E-state index contributed by atoms with van der Waals surface area (Å²) < 4.78 is 15.3. The molecule has 1 aromatic heterocycles. The molecule has 0 radical (unpaired) electrons. The first-order chi connectivity index (χ1) is 15.6. The first kappa shape index (κ1) is 21.4. The Morgan fingerprint density at radius 1 is 1.03 bits per heavy atom. The van der Waals surface area contributed by atoms with Gasteiger partial charge in [0.25, 0.3) is 0 Å². The number of nitrogens with one attached hydrogen (secondary N) is 1. The topological polar surface area (TPSA) is 83.4 Å². The normalized spacial score (nSPS) is 19.2. The van der Waals surface area contributed by atoms with Crippen LogP contribution in [0.1, 0.15) is 43.5 Å². The number of piperazine rings is 1. The molecule has 3 fully saturated rings. The maximum Gasteiger partial charge on any atom is 0.238 e. The van der Waals surface area contributed by atoms with Crippen LogP contribution in [0, 0.1) is 5.82 Å². The van der Waals surface area contributed by atoms with E-state index < -0.39 is 0 Å². The Kier molecular flexibility index (Phi) is 6.14. The van der Waals surface area contributed by atoms with E-state index in [2.05, 4.69) is 20.1 Å². The van der Waals surface area contributed by atoms with Gasteiger partial charge in [-0.25, -0.2) is 4.39 Å². The molecule has 2 amide bonds. The average Bonchev–Trinajstić information content (AvgIpc) is 3.73. The van der Waals surface area contributed by atoms with Crippen molar-refractivity contribution in [2.75, 3.05) is 43.8 Å². The maximum absolute atomic E-state index is 13.0. The van der Waals surface area contributed by atoms with Gasteiger partial charge in [0, 0.05) is 43.8 Å². The number of benzene rings is 1. The van der Waals surface area contributed by atoms with Gasteiger partial charge in [0.1, 0.15) is 11.6 Å². The van der Waals surface area contributed by atoms with E-state index in [-0.39, 0.29) is 24.2 Å². The Morgan fingerprint density at radius 3 is 2.41 bits per heavy atom. The van der Waals surface area contributed by atoms with Crippen molar-refractivity contribution in [3.05, 3.63) is 35.9 Å². The predicted octanol–water partition coefficient (Wildman–Crippen LogP) is 2.50. The zero-order chi connectivity index (χ0) is 22.1. The van der Waals surface area contributed by atoms with Crippen molar-refractivity contribution in [3.8, 4) is 0 Å². The third-order valence-electron chi connectivity index (χ3n) is 6.09. The first-order valence-corrected chi connectivity index (χ1v) is 12.2. The fourth-order valence-corrected chi connectivity index (χ4v) is 4.91. The van der Waals surface area contributed by atoms with E-state index in [1.54, 1.807) is 12.1 Å². The van der Waals surface area contributed by atoms with Gasteiger partial charge in [0.05, 0.1) is 12.3 Å². The van der Waals surface area contributed by atoms with E-state index in [9.17, 15) is 14.0 Å². The van der Waals surface area contributed by atoms with Crippen LogP contribution in [-0.2, 0) is 9.59 Å². The summed E-state index contributed by atoms with van der Waals surface area (Å²) >= 11 is 1.49. The lowest BCUT2D eigenvalue weighted by Gasteiger charge is -2.34. The second-order valence-electron chi connectivity index (χ2n) is 8.72.